The fourth-order valence-corrected chi connectivity index (χ4v) is 3.79. The first-order valence-corrected chi connectivity index (χ1v) is 11.1. The average molecular weight is 474 g/mol. The number of hydrogen-bond acceptors (Lipinski definition) is 5. The Kier molecular flexibility index (Phi) is 6.40. The number of carbonyl (C=O) groups is 1. The minimum absolute atomic E-state index is 0.178. The number of fused-ring (bicyclic) bond motifs is 1. The van der Waals surface area contributed by atoms with Gasteiger partial charge in [0, 0.05) is 22.2 Å². The Balaban J connectivity index is 1.58. The predicted molar refractivity (Wildman–Crippen MR) is 122 cm³/mol. The molecule has 0 bridgehead atoms. The van der Waals surface area contributed by atoms with Crippen molar-refractivity contribution in [1.82, 2.24) is 0 Å². The van der Waals surface area contributed by atoms with Gasteiger partial charge in [0.05, 0.1) is 13.0 Å². The molecule has 0 radical (unpaired) electrons. The maximum Gasteiger partial charge on any atom is 0.392 e. The predicted octanol–water partition coefficient (Wildman–Crippen LogP) is 5.28. The minimum Gasteiger partial charge on any atom is -0.493 e. The quantitative estimate of drug-likeness (QED) is 0.434. The van der Waals surface area contributed by atoms with Crippen molar-refractivity contribution < 1.29 is 27.1 Å². The normalized spacial score (nSPS) is 14.7. The van der Waals surface area contributed by atoms with Crippen molar-refractivity contribution >= 4 is 22.6 Å². The lowest BCUT2D eigenvalue weighted by molar-refractivity contribution is -0.139. The summed E-state index contributed by atoms with van der Waals surface area (Å²) in [6.45, 7) is 1.35. The van der Waals surface area contributed by atoms with Crippen LogP contribution in [-0.2, 0) is 12.0 Å². The zero-order valence-electron chi connectivity index (χ0n) is 18.6. The van der Waals surface area contributed by atoms with Crippen molar-refractivity contribution in [1.29, 1.82) is 0 Å². The highest BCUT2D eigenvalue weighted by Crippen LogP contribution is 2.42. The van der Waals surface area contributed by atoms with Crippen molar-refractivity contribution in [2.45, 2.75) is 50.7 Å². The molecule has 1 amide bonds. The molecule has 34 heavy (non-hydrogen) atoms. The molecule has 0 atom stereocenters. The molecule has 1 fully saturated rings. The summed E-state index contributed by atoms with van der Waals surface area (Å²) in [6, 6.07) is 11.7. The number of benzene rings is 2. The third-order valence-electron chi connectivity index (χ3n) is 5.86. The van der Waals surface area contributed by atoms with Crippen molar-refractivity contribution in [3.05, 3.63) is 69.6 Å². The molecule has 4 rings (SSSR count). The number of ether oxygens (including phenoxy) is 1. The number of amides is 1. The van der Waals surface area contributed by atoms with Crippen LogP contribution < -0.4 is 21.4 Å². The van der Waals surface area contributed by atoms with Crippen LogP contribution in [0.25, 0.3) is 11.0 Å². The van der Waals surface area contributed by atoms with Crippen LogP contribution >= 0.6 is 0 Å². The fourth-order valence-electron chi connectivity index (χ4n) is 3.79. The standard InChI is InChI=1S/C25H25F3N2O4/c1-2-3-18-20(33-13-12-25(26,27)28)9-4-15-14-19(23(32)34-21(15)18)22(31)30-17-7-5-16(6-8-17)24(29)10-11-24/h4-9,14H,2-3,10-13,29H2,1H3,(H,30,31). The maximum absolute atomic E-state index is 12.8. The van der Waals surface area contributed by atoms with E-state index in [9.17, 15) is 22.8 Å². The van der Waals surface area contributed by atoms with Gasteiger partial charge in [-0.3, -0.25) is 4.79 Å². The number of aryl methyl sites for hydroxylation is 1. The van der Waals surface area contributed by atoms with E-state index in [4.69, 9.17) is 14.9 Å². The van der Waals surface area contributed by atoms with E-state index in [0.29, 0.717) is 29.5 Å². The van der Waals surface area contributed by atoms with Gasteiger partial charge in [-0.25, -0.2) is 4.79 Å². The summed E-state index contributed by atoms with van der Waals surface area (Å²) in [5.74, 6) is -0.396. The molecule has 180 valence electrons. The fraction of sp³-hybridized carbons (Fsp3) is 0.360. The molecule has 0 aliphatic heterocycles. The van der Waals surface area contributed by atoms with E-state index in [1.165, 1.54) is 12.1 Å². The van der Waals surface area contributed by atoms with E-state index in [-0.39, 0.29) is 22.4 Å². The summed E-state index contributed by atoms with van der Waals surface area (Å²) in [5, 5.41) is 3.16. The van der Waals surface area contributed by atoms with Gasteiger partial charge in [0.15, 0.2) is 0 Å². The Morgan fingerprint density at radius 3 is 2.50 bits per heavy atom. The third kappa shape index (κ3) is 5.25. The lowest BCUT2D eigenvalue weighted by atomic mass is 10.0. The van der Waals surface area contributed by atoms with E-state index < -0.39 is 30.7 Å². The smallest absolute Gasteiger partial charge is 0.392 e. The van der Waals surface area contributed by atoms with Crippen LogP contribution in [-0.4, -0.2) is 18.7 Å². The Labute approximate surface area is 193 Å². The minimum atomic E-state index is -4.33. The number of hydrogen-bond donors (Lipinski definition) is 2. The first-order valence-electron chi connectivity index (χ1n) is 11.1. The molecule has 0 spiro atoms. The van der Waals surface area contributed by atoms with Crippen LogP contribution in [0.1, 0.15) is 54.1 Å². The van der Waals surface area contributed by atoms with E-state index in [1.807, 2.05) is 19.1 Å². The monoisotopic (exact) mass is 474 g/mol. The number of carbonyl (C=O) groups excluding carboxylic acids is 1. The van der Waals surface area contributed by atoms with Gasteiger partial charge in [-0.1, -0.05) is 25.5 Å². The van der Waals surface area contributed by atoms with Crippen LogP contribution in [0, 0.1) is 0 Å². The summed E-state index contributed by atoms with van der Waals surface area (Å²) in [4.78, 5) is 25.4. The lowest BCUT2D eigenvalue weighted by Crippen LogP contribution is -2.21. The van der Waals surface area contributed by atoms with E-state index in [2.05, 4.69) is 5.32 Å². The highest BCUT2D eigenvalue weighted by Gasteiger charge is 2.39. The molecule has 3 N–H and O–H groups in total. The van der Waals surface area contributed by atoms with Crippen LogP contribution in [0.4, 0.5) is 18.9 Å². The summed E-state index contributed by atoms with van der Waals surface area (Å²) in [5.41, 5.74) is 7.07. The molecule has 0 unspecified atom stereocenters. The van der Waals surface area contributed by atoms with Gasteiger partial charge in [0.2, 0.25) is 0 Å². The zero-order chi connectivity index (χ0) is 24.5. The number of rotatable bonds is 8. The third-order valence-corrected chi connectivity index (χ3v) is 5.86. The van der Waals surface area contributed by atoms with Crippen molar-refractivity contribution in [2.24, 2.45) is 5.73 Å². The molecular weight excluding hydrogens is 449 g/mol. The highest BCUT2D eigenvalue weighted by molar-refractivity contribution is 6.05. The molecule has 0 saturated heterocycles. The van der Waals surface area contributed by atoms with Gasteiger partial charge < -0.3 is 20.2 Å². The van der Waals surface area contributed by atoms with Crippen molar-refractivity contribution in [2.75, 3.05) is 11.9 Å². The molecule has 1 aliphatic rings. The molecule has 2 aromatic carbocycles. The number of nitrogens with one attached hydrogen (secondary N) is 1. The van der Waals surface area contributed by atoms with Crippen LogP contribution in [0.3, 0.4) is 0 Å². The topological polar surface area (TPSA) is 94.6 Å². The SMILES string of the molecule is CCCc1c(OCCC(F)(F)F)ccc2cc(C(=O)Nc3ccc(C4(N)CC4)cc3)c(=O)oc12. The molecule has 6 nitrogen and oxygen atoms in total. The lowest BCUT2D eigenvalue weighted by Gasteiger charge is -2.14. The van der Waals surface area contributed by atoms with Gasteiger partial charge in [0.1, 0.15) is 16.9 Å². The molecule has 1 saturated carbocycles. The van der Waals surface area contributed by atoms with Gasteiger partial charge >= 0.3 is 11.8 Å². The first-order chi connectivity index (χ1) is 16.1. The van der Waals surface area contributed by atoms with Crippen LogP contribution in [0.5, 0.6) is 5.75 Å². The Bertz CT molecular complexity index is 1260. The van der Waals surface area contributed by atoms with Crippen LogP contribution in [0.2, 0.25) is 0 Å². The zero-order valence-corrected chi connectivity index (χ0v) is 18.6. The highest BCUT2D eigenvalue weighted by atomic mass is 19.4. The van der Waals surface area contributed by atoms with E-state index in [1.54, 1.807) is 18.2 Å². The van der Waals surface area contributed by atoms with Crippen LogP contribution in [0.15, 0.2) is 51.7 Å². The number of halogens is 3. The Hall–Kier alpha value is -3.33. The summed E-state index contributed by atoms with van der Waals surface area (Å²) in [7, 11) is 0. The molecule has 1 aromatic heterocycles. The molecule has 1 aliphatic carbocycles. The maximum atomic E-state index is 12.8. The van der Waals surface area contributed by atoms with E-state index in [0.717, 1.165) is 18.4 Å². The molecule has 1 heterocycles. The summed E-state index contributed by atoms with van der Waals surface area (Å²) < 4.78 is 48.2. The van der Waals surface area contributed by atoms with Gasteiger partial charge in [-0.05, 0) is 55.2 Å². The second-order valence-corrected chi connectivity index (χ2v) is 8.56. The van der Waals surface area contributed by atoms with Crippen molar-refractivity contribution in [3.63, 3.8) is 0 Å². The van der Waals surface area contributed by atoms with E-state index >= 15 is 0 Å². The summed E-state index contributed by atoms with van der Waals surface area (Å²) >= 11 is 0. The van der Waals surface area contributed by atoms with Gasteiger partial charge in [0.25, 0.3) is 5.91 Å². The molecule has 3 aromatic rings. The van der Waals surface area contributed by atoms with Crippen molar-refractivity contribution in [3.8, 4) is 5.75 Å². The molecule has 9 heteroatoms. The Morgan fingerprint density at radius 2 is 1.88 bits per heavy atom. The molecular formula is C25H25F3N2O4. The van der Waals surface area contributed by atoms with Gasteiger partial charge in [-0.2, -0.15) is 13.2 Å². The number of alkyl halides is 3. The number of anilines is 1. The average Bonchev–Trinajstić information content (AvgIpc) is 3.53. The summed E-state index contributed by atoms with van der Waals surface area (Å²) in [6.07, 6.45) is -2.49. The second kappa shape index (κ2) is 9.13. The first kappa shape index (κ1) is 23.8. The number of nitrogens with two attached hydrogens (primary N) is 1. The van der Waals surface area contributed by atoms with Gasteiger partial charge in [-0.15, -0.1) is 0 Å². The largest absolute Gasteiger partial charge is 0.493 e. The Morgan fingerprint density at radius 1 is 1.18 bits per heavy atom. The second-order valence-electron chi connectivity index (χ2n) is 8.56.